The van der Waals surface area contributed by atoms with Crippen molar-refractivity contribution in [2.45, 2.75) is 45.8 Å². The molecule has 0 radical (unpaired) electrons. The third-order valence-electron chi connectivity index (χ3n) is 4.58. The zero-order valence-electron chi connectivity index (χ0n) is 15.0. The maximum Gasteiger partial charge on any atom is 0.242 e. The third kappa shape index (κ3) is 4.23. The van der Waals surface area contributed by atoms with Gasteiger partial charge in [-0.2, -0.15) is 4.98 Å². The van der Waals surface area contributed by atoms with E-state index in [1.54, 1.807) is 19.9 Å². The zero-order valence-corrected chi connectivity index (χ0v) is 15.0. The highest BCUT2D eigenvalue weighted by Gasteiger charge is 2.32. The van der Waals surface area contributed by atoms with Crippen molar-refractivity contribution in [3.05, 3.63) is 23.5 Å². The van der Waals surface area contributed by atoms with Gasteiger partial charge in [-0.15, -0.1) is 0 Å². The summed E-state index contributed by atoms with van der Waals surface area (Å²) in [5.41, 5.74) is 0. The smallest absolute Gasteiger partial charge is 0.242 e. The van der Waals surface area contributed by atoms with E-state index in [9.17, 15) is 4.79 Å². The zero-order chi connectivity index (χ0) is 18.0. The molecule has 9 heteroatoms. The van der Waals surface area contributed by atoms with Gasteiger partial charge < -0.3 is 14.4 Å². The molecule has 0 aromatic carbocycles. The Labute approximate surface area is 146 Å². The molecule has 0 saturated carbocycles. The van der Waals surface area contributed by atoms with E-state index >= 15 is 0 Å². The summed E-state index contributed by atoms with van der Waals surface area (Å²) in [4.78, 5) is 21.0. The van der Waals surface area contributed by atoms with E-state index in [0.29, 0.717) is 35.9 Å². The molecule has 1 saturated heterocycles. The summed E-state index contributed by atoms with van der Waals surface area (Å²) in [5, 5.41) is 10.5. The molecule has 1 aliphatic heterocycles. The SMILES string of the molecule is Cc1cc(NC(=O)[C@H](C)N2CC[C@H](N(C)Cc3noc(C)n3)C2)no1. The number of anilines is 1. The number of nitrogens with one attached hydrogen (secondary N) is 1. The van der Waals surface area contributed by atoms with Crippen molar-refractivity contribution in [1.29, 1.82) is 0 Å². The van der Waals surface area contributed by atoms with Crippen LogP contribution in [0, 0.1) is 13.8 Å². The van der Waals surface area contributed by atoms with Gasteiger partial charge in [0.1, 0.15) is 5.76 Å². The number of amides is 1. The second-order valence-electron chi connectivity index (χ2n) is 6.57. The first-order valence-corrected chi connectivity index (χ1v) is 8.40. The van der Waals surface area contributed by atoms with Crippen molar-refractivity contribution in [3.63, 3.8) is 0 Å². The molecule has 2 atom stereocenters. The Balaban J connectivity index is 1.51. The van der Waals surface area contributed by atoms with Crippen LogP contribution >= 0.6 is 0 Å². The van der Waals surface area contributed by atoms with Gasteiger partial charge in [-0.3, -0.25) is 14.6 Å². The number of aromatic nitrogens is 3. The van der Waals surface area contributed by atoms with E-state index in [1.165, 1.54) is 0 Å². The van der Waals surface area contributed by atoms with Crippen LogP contribution in [0.4, 0.5) is 5.82 Å². The molecule has 9 nitrogen and oxygen atoms in total. The summed E-state index contributed by atoms with van der Waals surface area (Å²) in [6, 6.07) is 1.82. The van der Waals surface area contributed by atoms with Gasteiger partial charge in [0.2, 0.25) is 11.8 Å². The first-order valence-electron chi connectivity index (χ1n) is 8.40. The van der Waals surface area contributed by atoms with Gasteiger partial charge in [-0.05, 0) is 27.3 Å². The number of likely N-dealkylation sites (N-methyl/N-ethyl adjacent to an activating group) is 1. The second-order valence-corrected chi connectivity index (χ2v) is 6.57. The van der Waals surface area contributed by atoms with Crippen LogP contribution in [-0.2, 0) is 11.3 Å². The van der Waals surface area contributed by atoms with Crippen molar-refractivity contribution in [2.24, 2.45) is 0 Å². The predicted molar refractivity (Wildman–Crippen MR) is 89.8 cm³/mol. The highest BCUT2D eigenvalue weighted by atomic mass is 16.5. The maximum atomic E-state index is 12.4. The van der Waals surface area contributed by atoms with Crippen LogP contribution in [0.3, 0.4) is 0 Å². The third-order valence-corrected chi connectivity index (χ3v) is 4.58. The van der Waals surface area contributed by atoms with Crippen molar-refractivity contribution in [3.8, 4) is 0 Å². The summed E-state index contributed by atoms with van der Waals surface area (Å²) in [6.07, 6.45) is 0.994. The van der Waals surface area contributed by atoms with E-state index in [0.717, 1.165) is 19.5 Å². The Kier molecular flexibility index (Phi) is 5.14. The van der Waals surface area contributed by atoms with Crippen molar-refractivity contribution in [2.75, 3.05) is 25.5 Å². The number of likely N-dealkylation sites (tertiary alicyclic amines) is 1. The van der Waals surface area contributed by atoms with Crippen LogP contribution in [0.5, 0.6) is 0 Å². The predicted octanol–water partition coefficient (Wildman–Crippen LogP) is 1.21. The molecular weight excluding hydrogens is 324 g/mol. The average molecular weight is 348 g/mol. The molecular formula is C16H24N6O3. The molecule has 0 aliphatic carbocycles. The lowest BCUT2D eigenvalue weighted by Gasteiger charge is -2.26. The molecule has 136 valence electrons. The number of carbonyl (C=O) groups excluding carboxylic acids is 1. The average Bonchev–Trinajstić information content (AvgIpc) is 3.28. The molecule has 3 rings (SSSR count). The number of aryl methyl sites for hydroxylation is 2. The maximum absolute atomic E-state index is 12.4. The van der Waals surface area contributed by atoms with Crippen LogP contribution in [0.25, 0.3) is 0 Å². The fourth-order valence-corrected chi connectivity index (χ4v) is 3.06. The Morgan fingerprint density at radius 1 is 1.44 bits per heavy atom. The van der Waals surface area contributed by atoms with Crippen LogP contribution in [-0.4, -0.2) is 63.2 Å². The highest BCUT2D eigenvalue weighted by molar-refractivity contribution is 5.93. The van der Waals surface area contributed by atoms with Gasteiger partial charge in [0.25, 0.3) is 0 Å². The molecule has 2 aromatic heterocycles. The summed E-state index contributed by atoms with van der Waals surface area (Å²) in [6.45, 7) is 7.80. The van der Waals surface area contributed by atoms with E-state index in [4.69, 9.17) is 9.05 Å². The quantitative estimate of drug-likeness (QED) is 0.831. The highest BCUT2D eigenvalue weighted by Crippen LogP contribution is 2.19. The van der Waals surface area contributed by atoms with Crippen molar-refractivity contribution in [1.82, 2.24) is 25.1 Å². The van der Waals surface area contributed by atoms with Crippen molar-refractivity contribution < 1.29 is 13.8 Å². The molecule has 1 N–H and O–H groups in total. The van der Waals surface area contributed by atoms with Gasteiger partial charge in [0.15, 0.2) is 11.6 Å². The van der Waals surface area contributed by atoms with Gasteiger partial charge >= 0.3 is 0 Å². The van der Waals surface area contributed by atoms with Crippen LogP contribution in [0.15, 0.2) is 15.1 Å². The Hall–Kier alpha value is -2.26. The van der Waals surface area contributed by atoms with Gasteiger partial charge in [-0.25, -0.2) is 0 Å². The molecule has 25 heavy (non-hydrogen) atoms. The first-order chi connectivity index (χ1) is 11.9. The lowest BCUT2D eigenvalue weighted by Crippen LogP contribution is -2.43. The molecule has 0 bridgehead atoms. The summed E-state index contributed by atoms with van der Waals surface area (Å²) in [5.74, 6) is 2.30. The molecule has 1 aliphatic rings. The fraction of sp³-hybridized carbons (Fsp3) is 0.625. The normalized spacial score (nSPS) is 19.5. The minimum atomic E-state index is -0.233. The largest absolute Gasteiger partial charge is 0.360 e. The van der Waals surface area contributed by atoms with E-state index < -0.39 is 0 Å². The van der Waals surface area contributed by atoms with E-state index in [-0.39, 0.29) is 11.9 Å². The number of nitrogens with zero attached hydrogens (tertiary/aromatic N) is 5. The van der Waals surface area contributed by atoms with Crippen LogP contribution < -0.4 is 5.32 Å². The molecule has 2 aromatic rings. The summed E-state index contributed by atoms with van der Waals surface area (Å²) in [7, 11) is 2.04. The topological polar surface area (TPSA) is 101 Å². The lowest BCUT2D eigenvalue weighted by molar-refractivity contribution is -0.120. The van der Waals surface area contributed by atoms with Crippen LogP contribution in [0.1, 0.15) is 30.8 Å². The van der Waals surface area contributed by atoms with Gasteiger partial charge in [-0.1, -0.05) is 10.3 Å². The fourth-order valence-electron chi connectivity index (χ4n) is 3.06. The summed E-state index contributed by atoms with van der Waals surface area (Å²) >= 11 is 0. The van der Waals surface area contributed by atoms with Gasteiger partial charge in [0.05, 0.1) is 12.6 Å². The minimum Gasteiger partial charge on any atom is -0.360 e. The van der Waals surface area contributed by atoms with E-state index in [2.05, 4.69) is 30.4 Å². The lowest BCUT2D eigenvalue weighted by atomic mass is 10.2. The molecule has 1 amide bonds. The minimum absolute atomic E-state index is 0.0783. The molecule has 0 spiro atoms. The molecule has 0 unspecified atom stereocenters. The van der Waals surface area contributed by atoms with Crippen LogP contribution in [0.2, 0.25) is 0 Å². The van der Waals surface area contributed by atoms with E-state index in [1.807, 2.05) is 14.0 Å². The Bertz CT molecular complexity index is 727. The second kappa shape index (κ2) is 7.32. The molecule has 1 fully saturated rings. The summed E-state index contributed by atoms with van der Waals surface area (Å²) < 4.78 is 9.99. The number of hydrogen-bond donors (Lipinski definition) is 1. The monoisotopic (exact) mass is 348 g/mol. The number of hydrogen-bond acceptors (Lipinski definition) is 8. The van der Waals surface area contributed by atoms with Gasteiger partial charge in [0, 0.05) is 32.1 Å². The number of rotatable bonds is 6. The Morgan fingerprint density at radius 2 is 2.24 bits per heavy atom. The Morgan fingerprint density at radius 3 is 2.88 bits per heavy atom. The first kappa shape index (κ1) is 17.6. The number of carbonyl (C=O) groups is 1. The molecule has 3 heterocycles. The standard InChI is InChI=1S/C16H24N6O3/c1-10-7-14(19-24-10)18-16(23)11(2)22-6-5-13(8-22)21(4)9-15-17-12(3)25-20-15/h7,11,13H,5-6,8-9H2,1-4H3,(H,18,19,23)/t11-,13-/m0/s1. The van der Waals surface area contributed by atoms with Crippen molar-refractivity contribution >= 4 is 11.7 Å².